The Kier molecular flexibility index (Phi) is 5.62. The summed E-state index contributed by atoms with van der Waals surface area (Å²) in [6.45, 7) is 8.91. The first kappa shape index (κ1) is 17.5. The van der Waals surface area contributed by atoms with Gasteiger partial charge in [0.2, 0.25) is 0 Å². The fraction of sp³-hybridized carbons (Fsp3) is 0.476. The third kappa shape index (κ3) is 4.84. The molecule has 0 aliphatic carbocycles. The van der Waals surface area contributed by atoms with Crippen LogP contribution in [-0.2, 0) is 6.54 Å². The van der Waals surface area contributed by atoms with Gasteiger partial charge in [-0.1, -0.05) is 63.6 Å². The molecule has 1 aliphatic rings. The summed E-state index contributed by atoms with van der Waals surface area (Å²) in [6, 6.07) is 15.8. The van der Waals surface area contributed by atoms with Crippen LogP contribution in [0.4, 0.5) is 0 Å². The normalized spacial score (nSPS) is 19.4. The molecule has 1 aromatic heterocycles. The van der Waals surface area contributed by atoms with Crippen molar-refractivity contribution in [1.82, 2.24) is 9.88 Å². The third-order valence-corrected chi connectivity index (χ3v) is 5.46. The SMILES string of the molecule is CC(C)(C)Sc1ccc([C@H]2CCCCN2Cc2ccccc2)cn1. The summed E-state index contributed by atoms with van der Waals surface area (Å²) < 4.78 is 0.207. The second-order valence-electron chi connectivity index (χ2n) is 7.61. The van der Waals surface area contributed by atoms with E-state index in [1.165, 1.54) is 36.9 Å². The number of piperidine rings is 1. The van der Waals surface area contributed by atoms with E-state index in [1.54, 1.807) is 0 Å². The third-order valence-electron chi connectivity index (χ3n) is 4.40. The smallest absolute Gasteiger partial charge is 0.0965 e. The monoisotopic (exact) mass is 340 g/mol. The van der Waals surface area contributed by atoms with Crippen LogP contribution in [0.1, 0.15) is 57.2 Å². The number of pyridine rings is 1. The van der Waals surface area contributed by atoms with E-state index >= 15 is 0 Å². The van der Waals surface area contributed by atoms with Crippen molar-refractivity contribution in [1.29, 1.82) is 0 Å². The Bertz CT molecular complexity index is 631. The van der Waals surface area contributed by atoms with Crippen LogP contribution in [-0.4, -0.2) is 21.2 Å². The predicted octanol–water partition coefficient (Wildman–Crippen LogP) is 5.70. The number of thioether (sulfide) groups is 1. The standard InChI is InChI=1S/C21H28N2S/c1-21(2,3)24-20-13-12-18(15-22-20)19-11-7-8-14-23(19)16-17-9-5-4-6-10-17/h4-6,9-10,12-13,15,19H,7-8,11,14,16H2,1-3H3/t19-/m1/s1. The van der Waals surface area contributed by atoms with E-state index in [4.69, 9.17) is 4.98 Å². The number of rotatable bonds is 4. The maximum Gasteiger partial charge on any atom is 0.0965 e. The summed E-state index contributed by atoms with van der Waals surface area (Å²) in [5.41, 5.74) is 2.76. The molecule has 3 rings (SSSR count). The molecule has 3 heteroatoms. The number of hydrogen-bond acceptors (Lipinski definition) is 3. The van der Waals surface area contributed by atoms with Crippen LogP contribution in [0.15, 0.2) is 53.7 Å². The topological polar surface area (TPSA) is 16.1 Å². The van der Waals surface area contributed by atoms with Crippen molar-refractivity contribution in [2.75, 3.05) is 6.54 Å². The molecular formula is C21H28N2S. The van der Waals surface area contributed by atoms with Crippen LogP contribution in [0.3, 0.4) is 0 Å². The van der Waals surface area contributed by atoms with Gasteiger partial charge in [-0.25, -0.2) is 4.98 Å². The quantitative estimate of drug-likeness (QED) is 0.664. The highest BCUT2D eigenvalue weighted by Gasteiger charge is 2.24. The maximum absolute atomic E-state index is 4.72. The lowest BCUT2D eigenvalue weighted by Crippen LogP contribution is -2.33. The first-order valence-electron chi connectivity index (χ1n) is 8.94. The molecule has 0 N–H and O–H groups in total. The van der Waals surface area contributed by atoms with E-state index < -0.39 is 0 Å². The van der Waals surface area contributed by atoms with Crippen molar-refractivity contribution >= 4 is 11.8 Å². The molecule has 1 saturated heterocycles. The van der Waals surface area contributed by atoms with Crippen LogP contribution in [0, 0.1) is 0 Å². The van der Waals surface area contributed by atoms with Crippen molar-refractivity contribution in [2.24, 2.45) is 0 Å². The number of likely N-dealkylation sites (tertiary alicyclic amines) is 1. The highest BCUT2D eigenvalue weighted by Crippen LogP contribution is 2.34. The van der Waals surface area contributed by atoms with Crippen molar-refractivity contribution < 1.29 is 0 Å². The van der Waals surface area contributed by atoms with Gasteiger partial charge in [-0.15, -0.1) is 11.8 Å². The van der Waals surface area contributed by atoms with E-state index in [0.717, 1.165) is 11.6 Å². The molecule has 0 unspecified atom stereocenters. The molecule has 1 atom stereocenters. The molecule has 2 aromatic rings. The van der Waals surface area contributed by atoms with E-state index in [0.29, 0.717) is 6.04 Å². The van der Waals surface area contributed by atoms with Gasteiger partial charge in [0.15, 0.2) is 0 Å². The molecule has 128 valence electrons. The largest absolute Gasteiger partial charge is 0.292 e. The Morgan fingerprint density at radius 1 is 1.08 bits per heavy atom. The number of benzene rings is 1. The number of hydrogen-bond donors (Lipinski definition) is 0. The van der Waals surface area contributed by atoms with Crippen LogP contribution in [0.25, 0.3) is 0 Å². The minimum absolute atomic E-state index is 0.207. The molecule has 0 bridgehead atoms. The lowest BCUT2D eigenvalue weighted by atomic mass is 9.96. The molecule has 24 heavy (non-hydrogen) atoms. The molecule has 1 fully saturated rings. The van der Waals surface area contributed by atoms with Crippen molar-refractivity contribution in [3.8, 4) is 0 Å². The Hall–Kier alpha value is -1.32. The van der Waals surface area contributed by atoms with Crippen LogP contribution < -0.4 is 0 Å². The highest BCUT2D eigenvalue weighted by molar-refractivity contribution is 8.00. The molecule has 2 heterocycles. The van der Waals surface area contributed by atoms with Gasteiger partial charge in [0.25, 0.3) is 0 Å². The molecule has 0 spiro atoms. The average molecular weight is 341 g/mol. The van der Waals surface area contributed by atoms with Gasteiger partial charge in [0.1, 0.15) is 0 Å². The summed E-state index contributed by atoms with van der Waals surface area (Å²) in [7, 11) is 0. The first-order valence-corrected chi connectivity index (χ1v) is 9.76. The fourth-order valence-electron chi connectivity index (χ4n) is 3.34. The second-order valence-corrected chi connectivity index (χ2v) is 9.46. The minimum atomic E-state index is 0.207. The zero-order chi connectivity index (χ0) is 17.0. The van der Waals surface area contributed by atoms with Crippen molar-refractivity contribution in [3.63, 3.8) is 0 Å². The van der Waals surface area contributed by atoms with Crippen molar-refractivity contribution in [3.05, 3.63) is 59.8 Å². The Morgan fingerprint density at radius 3 is 2.54 bits per heavy atom. The van der Waals surface area contributed by atoms with Gasteiger partial charge >= 0.3 is 0 Å². The van der Waals surface area contributed by atoms with Gasteiger partial charge in [0.05, 0.1) is 5.03 Å². The van der Waals surface area contributed by atoms with Gasteiger partial charge in [-0.3, -0.25) is 4.90 Å². The predicted molar refractivity (Wildman–Crippen MR) is 103 cm³/mol. The molecule has 2 nitrogen and oxygen atoms in total. The van der Waals surface area contributed by atoms with Gasteiger partial charge in [-0.05, 0) is 36.6 Å². The Labute approximate surface area is 150 Å². The molecule has 1 aromatic carbocycles. The minimum Gasteiger partial charge on any atom is -0.292 e. The molecular weight excluding hydrogens is 312 g/mol. The van der Waals surface area contributed by atoms with Crippen LogP contribution >= 0.6 is 11.8 Å². The maximum atomic E-state index is 4.72. The molecule has 0 saturated carbocycles. The van der Waals surface area contributed by atoms with E-state index in [9.17, 15) is 0 Å². The molecule has 1 aliphatic heterocycles. The van der Waals surface area contributed by atoms with Crippen LogP contribution in [0.5, 0.6) is 0 Å². The number of aromatic nitrogens is 1. The number of nitrogens with zero attached hydrogens (tertiary/aromatic N) is 2. The highest BCUT2D eigenvalue weighted by atomic mass is 32.2. The molecule has 0 radical (unpaired) electrons. The van der Waals surface area contributed by atoms with Gasteiger partial charge < -0.3 is 0 Å². The Balaban J connectivity index is 1.73. The van der Waals surface area contributed by atoms with Gasteiger partial charge in [0, 0.05) is 23.5 Å². The van der Waals surface area contributed by atoms with E-state index in [-0.39, 0.29) is 4.75 Å². The summed E-state index contributed by atoms with van der Waals surface area (Å²) in [5.74, 6) is 0. The first-order chi connectivity index (χ1) is 11.5. The van der Waals surface area contributed by atoms with E-state index in [2.05, 4.69) is 74.3 Å². The zero-order valence-corrected chi connectivity index (χ0v) is 15.9. The lowest BCUT2D eigenvalue weighted by molar-refractivity contribution is 0.140. The molecule has 0 amide bonds. The van der Waals surface area contributed by atoms with Crippen molar-refractivity contribution in [2.45, 2.75) is 62.4 Å². The summed E-state index contributed by atoms with van der Waals surface area (Å²) in [6.07, 6.45) is 5.95. The van der Waals surface area contributed by atoms with Crippen LogP contribution in [0.2, 0.25) is 0 Å². The Morgan fingerprint density at radius 2 is 1.88 bits per heavy atom. The zero-order valence-electron chi connectivity index (χ0n) is 15.0. The van der Waals surface area contributed by atoms with Gasteiger partial charge in [-0.2, -0.15) is 0 Å². The van der Waals surface area contributed by atoms with E-state index in [1.807, 2.05) is 11.8 Å². The summed E-state index contributed by atoms with van der Waals surface area (Å²) in [4.78, 5) is 7.33. The average Bonchev–Trinajstić information content (AvgIpc) is 2.56. The summed E-state index contributed by atoms with van der Waals surface area (Å²) in [5, 5.41) is 1.12. The lowest BCUT2D eigenvalue weighted by Gasteiger charge is -2.36. The fourth-order valence-corrected chi connectivity index (χ4v) is 4.21. The second kappa shape index (κ2) is 7.71. The summed E-state index contributed by atoms with van der Waals surface area (Å²) >= 11 is 1.83.